The fourth-order valence-corrected chi connectivity index (χ4v) is 7.58. The molecule has 0 fully saturated rings. The van der Waals surface area contributed by atoms with Gasteiger partial charge in [-0.05, 0) is 84.2 Å². The topological polar surface area (TPSA) is 37.1 Å². The molecule has 0 bridgehead atoms. The Balaban J connectivity index is 0.00000413. The molecule has 0 unspecified atom stereocenters. The van der Waals surface area contributed by atoms with Crippen molar-refractivity contribution in [3.63, 3.8) is 0 Å². The predicted octanol–water partition coefficient (Wildman–Crippen LogP) is 12.0. The fraction of sp³-hybridized carbons (Fsp3) is 0.146. The van der Waals surface area contributed by atoms with Crippen LogP contribution in [0, 0.1) is 12.1 Å². The van der Waals surface area contributed by atoms with Gasteiger partial charge in [0.25, 0.3) is 0 Å². The van der Waals surface area contributed by atoms with Crippen molar-refractivity contribution in [1.29, 1.82) is 0 Å². The number of nitrogens with zero attached hydrogens (tertiary/aromatic N) is 4. The molecule has 0 saturated carbocycles. The van der Waals surface area contributed by atoms with Crippen molar-refractivity contribution < 1.29 is 26.0 Å². The van der Waals surface area contributed by atoms with E-state index in [-0.39, 0.29) is 26.6 Å². The van der Waals surface area contributed by atoms with E-state index >= 15 is 0 Å². The van der Waals surface area contributed by atoms with Crippen LogP contribution in [0.15, 0.2) is 152 Å². The molecule has 1 aliphatic rings. The summed E-state index contributed by atoms with van der Waals surface area (Å²) in [4.78, 5) is 10.0. The van der Waals surface area contributed by atoms with Crippen LogP contribution in [0.5, 0.6) is 0 Å². The summed E-state index contributed by atoms with van der Waals surface area (Å²) in [5.41, 5.74) is 11.3. The van der Waals surface area contributed by atoms with Gasteiger partial charge >= 0.3 is 0 Å². The second-order valence-electron chi connectivity index (χ2n) is 15.2. The van der Waals surface area contributed by atoms with Crippen LogP contribution in [0.1, 0.15) is 45.7 Å². The summed E-state index contributed by atoms with van der Waals surface area (Å²) in [7, 11) is 0. The first-order valence-corrected chi connectivity index (χ1v) is 18.2. The summed E-state index contributed by atoms with van der Waals surface area (Å²) in [5.74, 6) is 0.856. The van der Waals surface area contributed by atoms with Gasteiger partial charge in [0.05, 0.1) is 0 Å². The van der Waals surface area contributed by atoms with Crippen molar-refractivity contribution in [2.45, 2.75) is 45.6 Å². The number of aromatic nitrogens is 2. The third kappa shape index (κ3) is 6.02. The average Bonchev–Trinajstić information content (AvgIpc) is 3.75. The average molecular weight is 885 g/mol. The van der Waals surface area contributed by atoms with Crippen molar-refractivity contribution in [2.24, 2.45) is 0 Å². The summed E-state index contributed by atoms with van der Waals surface area (Å²) in [6, 6.07) is 58.9. The van der Waals surface area contributed by atoms with E-state index in [4.69, 9.17) is 9.92 Å². The van der Waals surface area contributed by atoms with Crippen LogP contribution in [0.2, 0.25) is 0 Å². The Bertz CT molecular complexity index is 2640. The van der Waals surface area contributed by atoms with Crippen LogP contribution in [-0.4, -0.2) is 20.0 Å². The van der Waals surface area contributed by atoms with Crippen LogP contribution in [0.4, 0.5) is 17.1 Å². The van der Waals surface area contributed by atoms with Crippen LogP contribution in [-0.2, 0) is 26.5 Å². The number of hydrogen-bond acceptors (Lipinski definition) is 3. The smallest absolute Gasteiger partial charge is 0.145 e. The normalized spacial score (nSPS) is 13.0. The van der Waals surface area contributed by atoms with Gasteiger partial charge in [-0.1, -0.05) is 104 Å². The van der Waals surface area contributed by atoms with Crippen LogP contribution in [0.25, 0.3) is 49.9 Å². The first kappa shape index (κ1) is 35.5. The maximum absolute atomic E-state index is 5.07. The molecular formula is C48H41N4OPt-. The summed E-state index contributed by atoms with van der Waals surface area (Å²) < 4.78 is 2.26. The maximum Gasteiger partial charge on any atom is 0.145 e. The number of benzene rings is 6. The van der Waals surface area contributed by atoms with Crippen molar-refractivity contribution in [3.8, 4) is 28.1 Å². The maximum atomic E-state index is 5.07. The molecule has 9 rings (SSSR count). The third-order valence-electron chi connectivity index (χ3n) is 10.4. The molecule has 0 aliphatic carbocycles. The molecule has 0 saturated heterocycles. The van der Waals surface area contributed by atoms with E-state index in [1.54, 1.807) is 0 Å². The molecule has 3 heterocycles. The molecule has 0 atom stereocenters. The second-order valence-corrected chi connectivity index (χ2v) is 15.2. The van der Waals surface area contributed by atoms with E-state index in [2.05, 4.69) is 202 Å². The van der Waals surface area contributed by atoms with Gasteiger partial charge in [-0.2, -0.15) is 46.4 Å². The number of rotatable bonds is 6. The molecule has 6 aromatic carbocycles. The molecular weight excluding hydrogens is 844 g/mol. The van der Waals surface area contributed by atoms with Crippen molar-refractivity contribution >= 4 is 38.9 Å². The Morgan fingerprint density at radius 1 is 0.574 bits per heavy atom. The summed E-state index contributed by atoms with van der Waals surface area (Å²) >= 11 is 0. The number of anilines is 3. The van der Waals surface area contributed by atoms with Crippen molar-refractivity contribution in [3.05, 3.63) is 175 Å². The Kier molecular flexibility index (Phi) is 9.04. The second kappa shape index (κ2) is 13.7. The van der Waals surface area contributed by atoms with Crippen LogP contribution < -0.4 is 10.1 Å². The molecule has 54 heavy (non-hydrogen) atoms. The summed E-state index contributed by atoms with van der Waals surface area (Å²) in [6.45, 7) is 11.1. The minimum Gasteiger partial charge on any atom is -0.319 e. The zero-order chi connectivity index (χ0) is 36.3. The Hall–Kier alpha value is -5.48. The standard InChI is InChI=1S/C48H40N4O.Pt/c1-47(2,3)52-44-25-14-13-24-43(44)51(53-52)37-19-15-18-35(31-37)48(4,5)36-26-27-41-40-22-11-12-23-42(40)50(45(41)32-36)46-30-34(28-29-49-46)39-21-10-9-20-38(39)33-16-7-6-8-17-33;/h6-30H,1-5H3;/q-2;/p+1. The molecule has 1 aliphatic heterocycles. The quantitative estimate of drug-likeness (QED) is 0.123. The monoisotopic (exact) mass is 884 g/mol. The van der Waals surface area contributed by atoms with E-state index in [1.807, 2.05) is 11.3 Å². The number of fused-ring (bicyclic) bond motifs is 4. The third-order valence-corrected chi connectivity index (χ3v) is 10.4. The van der Waals surface area contributed by atoms with Gasteiger partial charge in [0.1, 0.15) is 22.7 Å². The van der Waals surface area contributed by atoms with Crippen LogP contribution in [0.3, 0.4) is 0 Å². The number of hydroxylamine groups is 1. The van der Waals surface area contributed by atoms with Crippen molar-refractivity contribution in [1.82, 2.24) is 9.55 Å². The largest absolute Gasteiger partial charge is 0.319 e. The SMILES string of the molecule is CC(C)(c1[c-]c(N2[OH+]N(C(C)(C)C)c3ccccc32)ccc1)c1[c-]c2c(cc1)c1ccccc1n2-c1cc(-c2ccccc2-c2ccccc2)ccn1.[Pt]. The Morgan fingerprint density at radius 3 is 2.02 bits per heavy atom. The van der Waals surface area contributed by atoms with Gasteiger partial charge in [-0.15, -0.1) is 27.6 Å². The minimum absolute atomic E-state index is 0. The molecule has 270 valence electrons. The van der Waals surface area contributed by atoms with Gasteiger partial charge in [0, 0.05) is 38.5 Å². The molecule has 5 nitrogen and oxygen atoms in total. The van der Waals surface area contributed by atoms with Gasteiger partial charge in [-0.25, -0.2) is 4.98 Å². The van der Waals surface area contributed by atoms with E-state index in [0.29, 0.717) is 0 Å². The van der Waals surface area contributed by atoms with Gasteiger partial charge in [-0.3, -0.25) is 0 Å². The van der Waals surface area contributed by atoms with Gasteiger partial charge in [0.2, 0.25) is 0 Å². The molecule has 8 aromatic rings. The molecule has 1 N–H and O–H groups in total. The van der Waals surface area contributed by atoms with E-state index in [1.165, 1.54) is 22.1 Å². The Morgan fingerprint density at radius 2 is 1.24 bits per heavy atom. The van der Waals surface area contributed by atoms with E-state index < -0.39 is 5.41 Å². The number of pyridine rings is 1. The summed E-state index contributed by atoms with van der Waals surface area (Å²) in [5, 5.41) is 6.42. The molecule has 6 heteroatoms. The zero-order valence-corrected chi connectivity index (χ0v) is 33.3. The molecule has 0 amide bonds. The number of hydrogen-bond donors (Lipinski definition) is 0. The molecule has 2 aromatic heterocycles. The van der Waals surface area contributed by atoms with Crippen LogP contribution >= 0.6 is 0 Å². The van der Waals surface area contributed by atoms with E-state index in [0.717, 1.165) is 56.0 Å². The molecule has 0 radical (unpaired) electrons. The fourth-order valence-electron chi connectivity index (χ4n) is 7.58. The number of para-hydroxylation sites is 3. The van der Waals surface area contributed by atoms with Gasteiger partial charge in [0.15, 0.2) is 0 Å². The predicted molar refractivity (Wildman–Crippen MR) is 218 cm³/mol. The zero-order valence-electron chi connectivity index (χ0n) is 31.0. The van der Waals surface area contributed by atoms with Gasteiger partial charge < -0.3 is 4.57 Å². The van der Waals surface area contributed by atoms with Crippen molar-refractivity contribution in [2.75, 3.05) is 10.1 Å². The summed E-state index contributed by atoms with van der Waals surface area (Å²) in [6.07, 6.45) is 1.92. The minimum atomic E-state index is -0.418. The van der Waals surface area contributed by atoms with E-state index in [9.17, 15) is 0 Å². The first-order valence-electron chi connectivity index (χ1n) is 18.2. The Labute approximate surface area is 331 Å². The first-order chi connectivity index (χ1) is 25.7. The molecule has 0 spiro atoms.